The lowest BCUT2D eigenvalue weighted by Crippen LogP contribution is -2.44. The molecule has 4 amide bonds. The maximum absolute atomic E-state index is 13.1. The standard InChI is InChI=1S/C21H22ClN3O3/c1-4-21(15-8-10-16(22)11-9-15)19(27)25(20(28)24-21)12-17(26)23-18-13(2)6-5-7-14(18)3/h5-11H,4,12H2,1-3H3,(H,23,26)(H,24,28). The molecule has 146 valence electrons. The summed E-state index contributed by atoms with van der Waals surface area (Å²) in [6.45, 7) is 5.23. The lowest BCUT2D eigenvalue weighted by Gasteiger charge is -2.25. The van der Waals surface area contributed by atoms with Crippen LogP contribution in [0, 0.1) is 13.8 Å². The number of hydrogen-bond donors (Lipinski definition) is 2. The minimum atomic E-state index is -1.19. The SMILES string of the molecule is CCC1(c2ccc(Cl)cc2)NC(=O)N(CC(=O)Nc2c(C)cccc2C)C1=O. The van der Waals surface area contributed by atoms with Crippen molar-refractivity contribution in [3.05, 3.63) is 64.2 Å². The van der Waals surface area contributed by atoms with E-state index in [1.807, 2.05) is 39.0 Å². The van der Waals surface area contributed by atoms with Crippen molar-refractivity contribution in [1.82, 2.24) is 10.2 Å². The predicted octanol–water partition coefficient (Wildman–Crippen LogP) is 3.75. The summed E-state index contributed by atoms with van der Waals surface area (Å²) < 4.78 is 0. The van der Waals surface area contributed by atoms with Crippen LogP contribution in [-0.4, -0.2) is 29.3 Å². The first-order valence-electron chi connectivity index (χ1n) is 9.04. The molecule has 7 heteroatoms. The van der Waals surface area contributed by atoms with Crippen LogP contribution in [0.3, 0.4) is 0 Å². The van der Waals surface area contributed by atoms with E-state index in [2.05, 4.69) is 10.6 Å². The van der Waals surface area contributed by atoms with Gasteiger partial charge in [0.2, 0.25) is 5.91 Å². The highest BCUT2D eigenvalue weighted by Gasteiger charge is 2.51. The van der Waals surface area contributed by atoms with Crippen molar-refractivity contribution in [2.45, 2.75) is 32.7 Å². The third-order valence-corrected chi connectivity index (χ3v) is 5.34. The van der Waals surface area contributed by atoms with Gasteiger partial charge in [-0.2, -0.15) is 0 Å². The van der Waals surface area contributed by atoms with Gasteiger partial charge in [-0.1, -0.05) is 48.9 Å². The van der Waals surface area contributed by atoms with E-state index >= 15 is 0 Å². The van der Waals surface area contributed by atoms with Crippen molar-refractivity contribution < 1.29 is 14.4 Å². The molecule has 2 aromatic rings. The second-order valence-electron chi connectivity index (χ2n) is 6.90. The average Bonchev–Trinajstić information content (AvgIpc) is 2.90. The van der Waals surface area contributed by atoms with E-state index in [0.29, 0.717) is 22.7 Å². The van der Waals surface area contributed by atoms with Crippen molar-refractivity contribution in [3.63, 3.8) is 0 Å². The number of imide groups is 1. The molecule has 1 saturated heterocycles. The van der Waals surface area contributed by atoms with E-state index in [4.69, 9.17) is 11.6 Å². The summed E-state index contributed by atoms with van der Waals surface area (Å²) in [6.07, 6.45) is 0.355. The van der Waals surface area contributed by atoms with Gasteiger partial charge in [0.05, 0.1) is 0 Å². The van der Waals surface area contributed by atoms with Crippen LogP contribution in [-0.2, 0) is 15.1 Å². The number of aryl methyl sites for hydroxylation is 2. The van der Waals surface area contributed by atoms with Gasteiger partial charge in [0.15, 0.2) is 0 Å². The molecule has 0 saturated carbocycles. The minimum Gasteiger partial charge on any atom is -0.324 e. The van der Waals surface area contributed by atoms with Crippen LogP contribution in [0.5, 0.6) is 0 Å². The number of para-hydroxylation sites is 1. The molecule has 1 aliphatic rings. The Morgan fingerprint density at radius 3 is 2.29 bits per heavy atom. The minimum absolute atomic E-state index is 0.353. The Morgan fingerprint density at radius 1 is 1.11 bits per heavy atom. The number of urea groups is 1. The molecule has 1 atom stereocenters. The molecule has 1 heterocycles. The van der Waals surface area contributed by atoms with Crippen molar-refractivity contribution in [1.29, 1.82) is 0 Å². The monoisotopic (exact) mass is 399 g/mol. The van der Waals surface area contributed by atoms with Crippen LogP contribution in [0.2, 0.25) is 5.02 Å². The fourth-order valence-corrected chi connectivity index (χ4v) is 3.60. The maximum Gasteiger partial charge on any atom is 0.325 e. The number of amides is 4. The molecule has 1 unspecified atom stereocenters. The Kier molecular flexibility index (Phi) is 5.42. The number of nitrogens with zero attached hydrogens (tertiary/aromatic N) is 1. The van der Waals surface area contributed by atoms with Crippen LogP contribution in [0.15, 0.2) is 42.5 Å². The Labute approximate surface area is 168 Å². The zero-order valence-corrected chi connectivity index (χ0v) is 16.8. The van der Waals surface area contributed by atoms with E-state index in [-0.39, 0.29) is 6.54 Å². The smallest absolute Gasteiger partial charge is 0.324 e. The lowest BCUT2D eigenvalue weighted by atomic mass is 9.87. The number of carbonyl (C=O) groups is 3. The van der Waals surface area contributed by atoms with Gasteiger partial charge in [0.1, 0.15) is 12.1 Å². The number of rotatable bonds is 5. The highest BCUT2D eigenvalue weighted by molar-refractivity contribution is 6.30. The van der Waals surface area contributed by atoms with Crippen LogP contribution in [0.25, 0.3) is 0 Å². The average molecular weight is 400 g/mol. The van der Waals surface area contributed by atoms with Crippen molar-refractivity contribution >= 4 is 35.1 Å². The van der Waals surface area contributed by atoms with E-state index in [0.717, 1.165) is 16.0 Å². The largest absolute Gasteiger partial charge is 0.325 e. The molecule has 1 aliphatic heterocycles. The molecule has 2 aromatic carbocycles. The van der Waals surface area contributed by atoms with Gasteiger partial charge < -0.3 is 10.6 Å². The van der Waals surface area contributed by atoms with Crippen LogP contribution < -0.4 is 10.6 Å². The highest BCUT2D eigenvalue weighted by atomic mass is 35.5. The summed E-state index contributed by atoms with van der Waals surface area (Å²) in [5, 5.41) is 6.11. The molecule has 0 radical (unpaired) electrons. The van der Waals surface area contributed by atoms with Gasteiger partial charge in [-0.3, -0.25) is 14.5 Å². The molecular formula is C21H22ClN3O3. The molecule has 2 N–H and O–H groups in total. The predicted molar refractivity (Wildman–Crippen MR) is 108 cm³/mol. The van der Waals surface area contributed by atoms with Crippen LogP contribution >= 0.6 is 11.6 Å². The van der Waals surface area contributed by atoms with Crippen LogP contribution in [0.4, 0.5) is 10.5 Å². The van der Waals surface area contributed by atoms with Crippen molar-refractivity contribution in [2.24, 2.45) is 0 Å². The fraction of sp³-hybridized carbons (Fsp3) is 0.286. The number of nitrogens with one attached hydrogen (secondary N) is 2. The molecule has 1 fully saturated rings. The highest BCUT2D eigenvalue weighted by Crippen LogP contribution is 2.33. The maximum atomic E-state index is 13.1. The molecule has 0 spiro atoms. The summed E-state index contributed by atoms with van der Waals surface area (Å²) >= 11 is 5.94. The third-order valence-electron chi connectivity index (χ3n) is 5.09. The third kappa shape index (κ3) is 3.47. The fourth-order valence-electron chi connectivity index (χ4n) is 3.48. The summed E-state index contributed by atoms with van der Waals surface area (Å²) in [5.41, 5.74) is 1.96. The van der Waals surface area contributed by atoms with Crippen molar-refractivity contribution in [3.8, 4) is 0 Å². The second-order valence-corrected chi connectivity index (χ2v) is 7.34. The Hall–Kier alpha value is -2.86. The summed E-state index contributed by atoms with van der Waals surface area (Å²) in [4.78, 5) is 39.1. The molecule has 28 heavy (non-hydrogen) atoms. The van der Waals surface area contributed by atoms with Gasteiger partial charge in [0.25, 0.3) is 5.91 Å². The molecule has 0 bridgehead atoms. The number of carbonyl (C=O) groups excluding carboxylic acids is 3. The molecule has 6 nitrogen and oxygen atoms in total. The number of benzene rings is 2. The Bertz CT molecular complexity index is 922. The molecule has 3 rings (SSSR count). The molecule has 0 aliphatic carbocycles. The zero-order valence-electron chi connectivity index (χ0n) is 16.0. The summed E-state index contributed by atoms with van der Waals surface area (Å²) in [7, 11) is 0. The quantitative estimate of drug-likeness (QED) is 0.751. The van der Waals surface area contributed by atoms with E-state index in [9.17, 15) is 14.4 Å². The lowest BCUT2D eigenvalue weighted by molar-refractivity contribution is -0.134. The summed E-state index contributed by atoms with van der Waals surface area (Å²) in [6, 6.07) is 11.9. The first-order valence-corrected chi connectivity index (χ1v) is 9.42. The zero-order chi connectivity index (χ0) is 20.5. The first-order chi connectivity index (χ1) is 13.3. The van der Waals surface area contributed by atoms with Crippen LogP contribution in [0.1, 0.15) is 30.0 Å². The number of anilines is 1. The Morgan fingerprint density at radius 2 is 1.71 bits per heavy atom. The van der Waals surface area contributed by atoms with E-state index in [1.165, 1.54) is 0 Å². The van der Waals surface area contributed by atoms with Crippen molar-refractivity contribution in [2.75, 3.05) is 11.9 Å². The first kappa shape index (κ1) is 19.9. The number of halogens is 1. The van der Waals surface area contributed by atoms with Gasteiger partial charge in [-0.15, -0.1) is 0 Å². The molecule has 0 aromatic heterocycles. The summed E-state index contributed by atoms with van der Waals surface area (Å²) in [5.74, 6) is -0.872. The Balaban J connectivity index is 1.81. The van der Waals surface area contributed by atoms with Gasteiger partial charge in [-0.05, 0) is 49.1 Å². The normalized spacial score (nSPS) is 18.9. The van der Waals surface area contributed by atoms with E-state index < -0.39 is 23.4 Å². The van der Waals surface area contributed by atoms with E-state index in [1.54, 1.807) is 24.3 Å². The van der Waals surface area contributed by atoms with Gasteiger partial charge >= 0.3 is 6.03 Å². The second kappa shape index (κ2) is 7.64. The van der Waals surface area contributed by atoms with Gasteiger partial charge in [0, 0.05) is 10.7 Å². The topological polar surface area (TPSA) is 78.5 Å². The van der Waals surface area contributed by atoms with Gasteiger partial charge in [-0.25, -0.2) is 4.79 Å². The molecular weight excluding hydrogens is 378 g/mol. The number of hydrogen-bond acceptors (Lipinski definition) is 3.